The lowest BCUT2D eigenvalue weighted by molar-refractivity contribution is -0.150. The van der Waals surface area contributed by atoms with E-state index in [4.69, 9.17) is 4.74 Å². The number of hydrogen-bond acceptors (Lipinski definition) is 3. The molecule has 0 bridgehead atoms. The molecule has 2 saturated heterocycles. The zero-order valence-electron chi connectivity index (χ0n) is 16.1. The summed E-state index contributed by atoms with van der Waals surface area (Å²) < 4.78 is 5.72. The van der Waals surface area contributed by atoms with E-state index in [2.05, 4.69) is 0 Å². The van der Waals surface area contributed by atoms with E-state index in [9.17, 15) is 9.59 Å². The topological polar surface area (TPSA) is 49.9 Å². The van der Waals surface area contributed by atoms with E-state index in [1.54, 1.807) is 0 Å². The van der Waals surface area contributed by atoms with Crippen molar-refractivity contribution >= 4 is 11.8 Å². The number of likely N-dealkylation sites (tertiary alicyclic amines) is 1. The van der Waals surface area contributed by atoms with Gasteiger partial charge in [0.1, 0.15) is 0 Å². The van der Waals surface area contributed by atoms with Gasteiger partial charge in [-0.25, -0.2) is 0 Å². The summed E-state index contributed by atoms with van der Waals surface area (Å²) in [6.45, 7) is 8.78. The van der Waals surface area contributed by atoms with Gasteiger partial charge in [0.05, 0.1) is 18.6 Å². The van der Waals surface area contributed by atoms with E-state index in [0.29, 0.717) is 32.6 Å². The molecular weight excluding hydrogens is 328 g/mol. The van der Waals surface area contributed by atoms with Crippen LogP contribution in [0.5, 0.6) is 0 Å². The quantitative estimate of drug-likeness (QED) is 0.834. The Bertz CT molecular complexity index is 642. The number of nitrogens with zero attached hydrogens (tertiary/aromatic N) is 2. The molecule has 5 nitrogen and oxygen atoms in total. The van der Waals surface area contributed by atoms with Gasteiger partial charge in [-0.05, 0) is 44.7 Å². The molecule has 0 unspecified atom stereocenters. The third kappa shape index (κ3) is 4.44. The van der Waals surface area contributed by atoms with Gasteiger partial charge in [-0.3, -0.25) is 9.59 Å². The number of ether oxygens (including phenoxy) is 1. The number of carbonyl (C=O) groups is 2. The van der Waals surface area contributed by atoms with Gasteiger partial charge in [0, 0.05) is 32.1 Å². The van der Waals surface area contributed by atoms with Gasteiger partial charge >= 0.3 is 0 Å². The first-order chi connectivity index (χ1) is 12.4. The molecule has 2 atom stereocenters. The number of amides is 2. The van der Waals surface area contributed by atoms with Crippen molar-refractivity contribution in [3.8, 4) is 0 Å². The first-order valence-electron chi connectivity index (χ1n) is 9.70. The van der Waals surface area contributed by atoms with Crippen molar-refractivity contribution in [1.82, 2.24) is 9.80 Å². The maximum Gasteiger partial charge on any atom is 0.226 e. The van der Waals surface area contributed by atoms with E-state index in [-0.39, 0.29) is 29.9 Å². The van der Waals surface area contributed by atoms with Gasteiger partial charge in [-0.1, -0.05) is 24.3 Å². The zero-order chi connectivity index (χ0) is 18.7. The van der Waals surface area contributed by atoms with Gasteiger partial charge < -0.3 is 14.5 Å². The fourth-order valence-corrected chi connectivity index (χ4v) is 4.08. The third-order valence-electron chi connectivity index (χ3n) is 5.53. The SMILES string of the molecule is Cc1ccccc1CC(=O)N1CCC(C(=O)N2C[C@H](C)O[C@@H](C)C2)CC1. The number of piperidine rings is 1. The van der Waals surface area contributed by atoms with Crippen LogP contribution in [-0.2, 0) is 20.7 Å². The lowest BCUT2D eigenvalue weighted by Crippen LogP contribution is -2.51. The summed E-state index contributed by atoms with van der Waals surface area (Å²) in [4.78, 5) is 29.3. The summed E-state index contributed by atoms with van der Waals surface area (Å²) in [6.07, 6.45) is 2.16. The maximum atomic E-state index is 12.8. The minimum absolute atomic E-state index is 0.0370. The van der Waals surface area contributed by atoms with Crippen molar-refractivity contribution in [3.05, 3.63) is 35.4 Å². The molecule has 3 rings (SSSR count). The van der Waals surface area contributed by atoms with Crippen LogP contribution in [-0.4, -0.2) is 60.0 Å². The number of morpholine rings is 1. The lowest BCUT2D eigenvalue weighted by Gasteiger charge is -2.39. The zero-order valence-corrected chi connectivity index (χ0v) is 16.1. The van der Waals surface area contributed by atoms with Crippen LogP contribution in [0, 0.1) is 12.8 Å². The molecule has 0 aromatic heterocycles. The van der Waals surface area contributed by atoms with Crippen molar-refractivity contribution in [1.29, 1.82) is 0 Å². The monoisotopic (exact) mass is 358 g/mol. The number of hydrogen-bond donors (Lipinski definition) is 0. The molecule has 0 radical (unpaired) electrons. The fourth-order valence-electron chi connectivity index (χ4n) is 4.08. The van der Waals surface area contributed by atoms with Crippen LogP contribution < -0.4 is 0 Å². The summed E-state index contributed by atoms with van der Waals surface area (Å²) in [6, 6.07) is 8.03. The molecule has 0 aliphatic carbocycles. The van der Waals surface area contributed by atoms with E-state index in [0.717, 1.165) is 24.0 Å². The number of aryl methyl sites for hydroxylation is 1. The van der Waals surface area contributed by atoms with Crippen LogP contribution in [0.1, 0.15) is 37.8 Å². The molecule has 2 amide bonds. The van der Waals surface area contributed by atoms with E-state index >= 15 is 0 Å². The average Bonchev–Trinajstić information content (AvgIpc) is 2.62. The van der Waals surface area contributed by atoms with Crippen molar-refractivity contribution in [2.45, 2.75) is 52.2 Å². The molecule has 2 aliphatic rings. The summed E-state index contributed by atoms with van der Waals surface area (Å²) in [5.74, 6) is 0.437. The molecule has 142 valence electrons. The van der Waals surface area contributed by atoms with E-state index in [1.807, 2.05) is 54.8 Å². The summed E-state index contributed by atoms with van der Waals surface area (Å²) in [5, 5.41) is 0. The highest BCUT2D eigenvalue weighted by Gasteiger charge is 2.33. The Kier molecular flexibility index (Phi) is 5.97. The molecule has 26 heavy (non-hydrogen) atoms. The molecule has 5 heteroatoms. The second-order valence-electron chi connectivity index (χ2n) is 7.76. The fraction of sp³-hybridized carbons (Fsp3) is 0.619. The van der Waals surface area contributed by atoms with Crippen molar-refractivity contribution < 1.29 is 14.3 Å². The summed E-state index contributed by atoms with van der Waals surface area (Å²) in [7, 11) is 0. The van der Waals surface area contributed by atoms with Crippen LogP contribution in [0.4, 0.5) is 0 Å². The number of carbonyl (C=O) groups excluding carboxylic acids is 2. The summed E-state index contributed by atoms with van der Waals surface area (Å²) >= 11 is 0. The third-order valence-corrected chi connectivity index (χ3v) is 5.53. The van der Waals surface area contributed by atoms with Gasteiger partial charge in [-0.15, -0.1) is 0 Å². The lowest BCUT2D eigenvalue weighted by atomic mass is 9.94. The van der Waals surface area contributed by atoms with Crippen LogP contribution >= 0.6 is 0 Å². The largest absolute Gasteiger partial charge is 0.372 e. The maximum absolute atomic E-state index is 12.8. The minimum atomic E-state index is 0.0370. The van der Waals surface area contributed by atoms with Gasteiger partial charge in [0.25, 0.3) is 0 Å². The van der Waals surface area contributed by atoms with Crippen LogP contribution in [0.25, 0.3) is 0 Å². The van der Waals surface area contributed by atoms with Crippen molar-refractivity contribution in [2.75, 3.05) is 26.2 Å². The molecule has 1 aromatic rings. The Balaban J connectivity index is 1.51. The minimum Gasteiger partial charge on any atom is -0.372 e. The second kappa shape index (κ2) is 8.21. The predicted molar refractivity (Wildman–Crippen MR) is 101 cm³/mol. The Hall–Kier alpha value is -1.88. The van der Waals surface area contributed by atoms with E-state index in [1.165, 1.54) is 0 Å². The van der Waals surface area contributed by atoms with Gasteiger partial charge in [-0.2, -0.15) is 0 Å². The number of rotatable bonds is 3. The highest BCUT2D eigenvalue weighted by Crippen LogP contribution is 2.23. The Morgan fingerprint density at radius 3 is 2.27 bits per heavy atom. The highest BCUT2D eigenvalue weighted by atomic mass is 16.5. The Labute approximate surface area is 156 Å². The molecule has 1 aromatic carbocycles. The molecule has 0 N–H and O–H groups in total. The van der Waals surface area contributed by atoms with Crippen LogP contribution in [0.2, 0.25) is 0 Å². The summed E-state index contributed by atoms with van der Waals surface area (Å²) in [5.41, 5.74) is 2.24. The van der Waals surface area contributed by atoms with Crippen molar-refractivity contribution in [3.63, 3.8) is 0 Å². The standard InChI is InChI=1S/C21H30N2O3/c1-15-6-4-5-7-19(15)12-20(24)22-10-8-18(9-11-22)21(25)23-13-16(2)26-17(3)14-23/h4-7,16-18H,8-14H2,1-3H3/t16-,17-/m0/s1. The van der Waals surface area contributed by atoms with Crippen LogP contribution in [0.15, 0.2) is 24.3 Å². The van der Waals surface area contributed by atoms with Crippen LogP contribution in [0.3, 0.4) is 0 Å². The normalized spacial score (nSPS) is 24.6. The second-order valence-corrected chi connectivity index (χ2v) is 7.76. The molecule has 2 aliphatic heterocycles. The first kappa shape index (κ1) is 18.9. The first-order valence-corrected chi connectivity index (χ1v) is 9.70. The average molecular weight is 358 g/mol. The highest BCUT2D eigenvalue weighted by molar-refractivity contribution is 5.81. The molecule has 2 fully saturated rings. The molecular formula is C21H30N2O3. The molecule has 2 heterocycles. The van der Waals surface area contributed by atoms with Crippen molar-refractivity contribution in [2.24, 2.45) is 5.92 Å². The molecule has 0 spiro atoms. The molecule has 0 saturated carbocycles. The number of benzene rings is 1. The van der Waals surface area contributed by atoms with Gasteiger partial charge in [0.2, 0.25) is 11.8 Å². The smallest absolute Gasteiger partial charge is 0.226 e. The van der Waals surface area contributed by atoms with Gasteiger partial charge in [0.15, 0.2) is 0 Å². The van der Waals surface area contributed by atoms with E-state index < -0.39 is 0 Å². The predicted octanol–water partition coefficient (Wildman–Crippen LogP) is 2.41. The Morgan fingerprint density at radius 1 is 1.04 bits per heavy atom. The Morgan fingerprint density at radius 2 is 1.65 bits per heavy atom.